The Morgan fingerprint density at radius 3 is 2.92 bits per heavy atom. The van der Waals surface area contributed by atoms with E-state index in [1.807, 2.05) is 12.1 Å². The number of nitrogens with zero attached hydrogens (tertiary/aromatic N) is 3. The number of nitrogen functional groups attached to an aromatic ring is 1. The van der Waals surface area contributed by atoms with Crippen molar-refractivity contribution in [3.8, 4) is 6.01 Å². The number of nitrogens with two attached hydrogens (primary N) is 1. The predicted molar refractivity (Wildman–Crippen MR) is 95.7 cm³/mol. The van der Waals surface area contributed by atoms with Crippen molar-refractivity contribution in [1.82, 2.24) is 19.5 Å². The molecule has 1 aromatic carbocycles. The molecule has 3 N–H and O–H groups in total. The fourth-order valence-corrected chi connectivity index (χ4v) is 3.01. The third kappa shape index (κ3) is 3.13. The van der Waals surface area contributed by atoms with Crippen LogP contribution in [0.25, 0.3) is 11.2 Å². The first-order valence-corrected chi connectivity index (χ1v) is 8.32. The molecular formula is C18H19N5O2. The standard InChI is InChI=1S/C18H19N5O2/c19-15-14-16-22-17(21-15)25-9-4-2-1-3-6-12-7-5-8-13(10-12)11-23(16)18(24)20-14/h1-2,5,7-8,10H,3-4,6,9,11H2,(H,20,24)(H2,19,21,22)/b2-1-. The smallest absolute Gasteiger partial charge is 0.328 e. The lowest BCUT2D eigenvalue weighted by atomic mass is 10.1. The monoisotopic (exact) mass is 337 g/mol. The molecule has 25 heavy (non-hydrogen) atoms. The Morgan fingerprint density at radius 1 is 1.16 bits per heavy atom. The number of benzene rings is 1. The van der Waals surface area contributed by atoms with Crippen molar-refractivity contribution in [3.05, 3.63) is 58.0 Å². The van der Waals surface area contributed by atoms with Crippen LogP contribution in [0.15, 0.2) is 41.2 Å². The van der Waals surface area contributed by atoms with Crippen LogP contribution in [0, 0.1) is 0 Å². The van der Waals surface area contributed by atoms with Gasteiger partial charge < -0.3 is 15.5 Å². The Kier molecular flexibility index (Phi) is 3.97. The number of H-pyrrole nitrogens is 1. The van der Waals surface area contributed by atoms with Crippen LogP contribution in [0.1, 0.15) is 24.0 Å². The molecular weight excluding hydrogens is 318 g/mol. The number of aromatic amines is 1. The summed E-state index contributed by atoms with van der Waals surface area (Å²) in [6.45, 7) is 0.877. The second-order valence-corrected chi connectivity index (χ2v) is 6.07. The summed E-state index contributed by atoms with van der Waals surface area (Å²) < 4.78 is 7.16. The van der Waals surface area contributed by atoms with Gasteiger partial charge in [0.25, 0.3) is 0 Å². The first kappa shape index (κ1) is 15.4. The van der Waals surface area contributed by atoms with E-state index in [0.29, 0.717) is 24.3 Å². The molecule has 4 rings (SSSR count). The normalized spacial score (nSPS) is 16.2. The largest absolute Gasteiger partial charge is 0.463 e. The van der Waals surface area contributed by atoms with Crippen molar-refractivity contribution in [3.63, 3.8) is 0 Å². The third-order valence-electron chi connectivity index (χ3n) is 4.24. The van der Waals surface area contributed by atoms with Crippen molar-refractivity contribution in [1.29, 1.82) is 0 Å². The number of anilines is 1. The van der Waals surface area contributed by atoms with Crippen LogP contribution in [0.2, 0.25) is 0 Å². The number of fused-ring (bicyclic) bond motifs is 3. The maximum absolute atomic E-state index is 12.4. The molecule has 7 nitrogen and oxygen atoms in total. The average Bonchev–Trinajstić information content (AvgIpc) is 2.90. The van der Waals surface area contributed by atoms with Gasteiger partial charge in [-0.1, -0.05) is 36.4 Å². The zero-order valence-corrected chi connectivity index (χ0v) is 13.7. The molecule has 3 aromatic rings. The molecule has 3 heterocycles. The SMILES string of the molecule is Nc1nc2nc3c1[nH]c(=O)n3Cc1cccc(c1)CC/C=C\CCO2. The van der Waals surface area contributed by atoms with Gasteiger partial charge in [0.15, 0.2) is 11.5 Å². The highest BCUT2D eigenvalue weighted by molar-refractivity contribution is 5.81. The first-order chi connectivity index (χ1) is 12.2. The van der Waals surface area contributed by atoms with Crippen molar-refractivity contribution < 1.29 is 4.74 Å². The minimum absolute atomic E-state index is 0.190. The van der Waals surface area contributed by atoms with E-state index in [4.69, 9.17) is 10.5 Å². The van der Waals surface area contributed by atoms with E-state index < -0.39 is 0 Å². The van der Waals surface area contributed by atoms with E-state index in [1.54, 1.807) is 4.57 Å². The van der Waals surface area contributed by atoms with Crippen LogP contribution in [0.3, 0.4) is 0 Å². The van der Waals surface area contributed by atoms with Gasteiger partial charge >= 0.3 is 11.7 Å². The van der Waals surface area contributed by atoms with Crippen LogP contribution in [-0.4, -0.2) is 26.1 Å². The molecule has 2 aromatic heterocycles. The van der Waals surface area contributed by atoms with Crippen molar-refractivity contribution in [2.45, 2.75) is 25.8 Å². The maximum Gasteiger partial charge on any atom is 0.328 e. The molecule has 0 atom stereocenters. The molecule has 0 spiro atoms. The zero-order valence-electron chi connectivity index (χ0n) is 13.7. The maximum atomic E-state index is 12.4. The Labute approximate surface area is 144 Å². The molecule has 0 saturated carbocycles. The second kappa shape index (κ2) is 6.43. The quantitative estimate of drug-likeness (QED) is 0.612. The number of rotatable bonds is 0. The number of nitrogens with one attached hydrogen (secondary N) is 1. The topological polar surface area (TPSA) is 98.8 Å². The fraction of sp³-hybridized carbons (Fsp3) is 0.278. The van der Waals surface area contributed by atoms with Gasteiger partial charge in [-0.3, -0.25) is 4.57 Å². The predicted octanol–water partition coefficient (Wildman–Crippen LogP) is 2.02. The number of hydrogen-bond donors (Lipinski definition) is 2. The van der Waals surface area contributed by atoms with Gasteiger partial charge in [0.2, 0.25) is 0 Å². The summed E-state index contributed by atoms with van der Waals surface area (Å²) in [5.74, 6) is 0.212. The molecule has 0 radical (unpaired) electrons. The van der Waals surface area contributed by atoms with Crippen LogP contribution < -0.4 is 16.2 Å². The Bertz CT molecular complexity index is 1000. The summed E-state index contributed by atoms with van der Waals surface area (Å²) in [6, 6.07) is 8.44. The minimum atomic E-state index is -0.260. The molecule has 1 aliphatic rings. The molecule has 1 aliphatic heterocycles. The zero-order chi connectivity index (χ0) is 17.2. The van der Waals surface area contributed by atoms with Crippen LogP contribution >= 0.6 is 0 Å². The fourth-order valence-electron chi connectivity index (χ4n) is 3.01. The summed E-state index contributed by atoms with van der Waals surface area (Å²) >= 11 is 0. The molecule has 0 amide bonds. The van der Waals surface area contributed by atoms with Crippen molar-refractivity contribution >= 4 is 17.0 Å². The molecule has 0 unspecified atom stereocenters. The highest BCUT2D eigenvalue weighted by atomic mass is 16.5. The Hall–Kier alpha value is -3.09. The van der Waals surface area contributed by atoms with E-state index in [-0.39, 0.29) is 17.5 Å². The summed E-state index contributed by atoms with van der Waals surface area (Å²) in [4.78, 5) is 23.6. The lowest BCUT2D eigenvalue weighted by Gasteiger charge is -2.07. The minimum Gasteiger partial charge on any atom is -0.463 e. The molecule has 0 saturated heterocycles. The summed E-state index contributed by atoms with van der Waals surface area (Å²) in [6.07, 6.45) is 6.94. The number of aromatic nitrogens is 4. The highest BCUT2D eigenvalue weighted by Crippen LogP contribution is 2.19. The van der Waals surface area contributed by atoms with E-state index in [9.17, 15) is 4.79 Å². The van der Waals surface area contributed by atoms with E-state index in [0.717, 1.165) is 24.8 Å². The summed E-state index contributed by atoms with van der Waals surface area (Å²) in [5.41, 5.74) is 8.90. The van der Waals surface area contributed by atoms with Crippen LogP contribution in [0.4, 0.5) is 5.82 Å². The number of hydrogen-bond acceptors (Lipinski definition) is 5. The van der Waals surface area contributed by atoms with Gasteiger partial charge in [0.1, 0.15) is 5.52 Å². The number of ether oxygens (including phenoxy) is 1. The second-order valence-electron chi connectivity index (χ2n) is 6.07. The van der Waals surface area contributed by atoms with Gasteiger partial charge in [-0.15, -0.1) is 0 Å². The average molecular weight is 337 g/mol. The Morgan fingerprint density at radius 2 is 2.00 bits per heavy atom. The van der Waals surface area contributed by atoms with Gasteiger partial charge in [0.05, 0.1) is 13.2 Å². The highest BCUT2D eigenvalue weighted by Gasteiger charge is 2.15. The molecule has 0 fully saturated rings. The molecule has 4 bridgehead atoms. The number of aryl methyl sites for hydroxylation is 1. The van der Waals surface area contributed by atoms with E-state index >= 15 is 0 Å². The van der Waals surface area contributed by atoms with Crippen molar-refractivity contribution in [2.75, 3.05) is 12.3 Å². The van der Waals surface area contributed by atoms with Gasteiger partial charge in [-0.25, -0.2) is 4.79 Å². The van der Waals surface area contributed by atoms with E-state index in [1.165, 1.54) is 5.56 Å². The lowest BCUT2D eigenvalue weighted by molar-refractivity contribution is 0.300. The molecule has 128 valence electrons. The molecule has 7 heteroatoms. The summed E-state index contributed by atoms with van der Waals surface area (Å²) in [5, 5.41) is 0. The summed E-state index contributed by atoms with van der Waals surface area (Å²) in [7, 11) is 0. The third-order valence-corrected chi connectivity index (χ3v) is 4.24. The van der Waals surface area contributed by atoms with Crippen molar-refractivity contribution in [2.24, 2.45) is 0 Å². The van der Waals surface area contributed by atoms with E-state index in [2.05, 4.69) is 39.2 Å². The van der Waals surface area contributed by atoms with Gasteiger partial charge in [-0.2, -0.15) is 9.97 Å². The molecule has 0 aliphatic carbocycles. The number of allylic oxidation sites excluding steroid dienone is 1. The van der Waals surface area contributed by atoms with Gasteiger partial charge in [-0.05, 0) is 30.4 Å². The number of imidazole rings is 1. The van der Waals surface area contributed by atoms with Crippen LogP contribution in [0.5, 0.6) is 6.01 Å². The first-order valence-electron chi connectivity index (χ1n) is 8.32. The van der Waals surface area contributed by atoms with Gasteiger partial charge in [0, 0.05) is 0 Å². The van der Waals surface area contributed by atoms with Crippen LogP contribution in [-0.2, 0) is 13.0 Å². The Balaban J connectivity index is 1.84. The lowest BCUT2D eigenvalue weighted by Crippen LogP contribution is -2.18.